The first kappa shape index (κ1) is 11.0. The fourth-order valence-corrected chi connectivity index (χ4v) is 1.48. The van der Waals surface area contributed by atoms with Gasteiger partial charge in [0, 0.05) is 19.0 Å². The van der Waals surface area contributed by atoms with Gasteiger partial charge in [-0.3, -0.25) is 4.79 Å². The molecule has 1 aliphatic heterocycles. The Balaban J connectivity index is 1.67. The van der Waals surface area contributed by atoms with Gasteiger partial charge in [0.05, 0.1) is 19.8 Å². The molecule has 1 saturated heterocycles. The molecule has 0 bridgehead atoms. The van der Waals surface area contributed by atoms with Gasteiger partial charge in [-0.15, -0.1) is 10.2 Å². The topological polar surface area (TPSA) is 105 Å². The first-order valence-electron chi connectivity index (χ1n) is 5.15. The molecular formula is C8H14N6O2. The highest BCUT2D eigenvalue weighted by molar-refractivity contribution is 5.76. The van der Waals surface area contributed by atoms with Crippen molar-refractivity contribution in [1.29, 1.82) is 0 Å². The van der Waals surface area contributed by atoms with Crippen LogP contribution in [0.25, 0.3) is 0 Å². The number of carbonyl (C=O) groups excluding carboxylic acids is 1. The summed E-state index contributed by atoms with van der Waals surface area (Å²) in [7, 11) is 0. The van der Waals surface area contributed by atoms with Crippen molar-refractivity contribution in [3.63, 3.8) is 0 Å². The van der Waals surface area contributed by atoms with Crippen LogP contribution in [0.5, 0.6) is 0 Å². The van der Waals surface area contributed by atoms with Gasteiger partial charge >= 0.3 is 0 Å². The van der Waals surface area contributed by atoms with Crippen molar-refractivity contribution in [1.82, 2.24) is 31.3 Å². The van der Waals surface area contributed by atoms with E-state index in [2.05, 4.69) is 31.3 Å². The third kappa shape index (κ3) is 3.24. The van der Waals surface area contributed by atoms with E-state index in [4.69, 9.17) is 4.74 Å². The van der Waals surface area contributed by atoms with Crippen LogP contribution in [0.2, 0.25) is 0 Å². The Hall–Kier alpha value is -1.54. The lowest BCUT2D eigenvalue weighted by molar-refractivity contribution is -0.122. The van der Waals surface area contributed by atoms with Gasteiger partial charge in [-0.1, -0.05) is 5.21 Å². The number of rotatable bonds is 4. The highest BCUT2D eigenvalue weighted by Crippen LogP contribution is 1.98. The lowest BCUT2D eigenvalue weighted by Gasteiger charge is -2.23. The van der Waals surface area contributed by atoms with Crippen molar-refractivity contribution in [3.8, 4) is 0 Å². The van der Waals surface area contributed by atoms with E-state index in [0.717, 1.165) is 6.54 Å². The normalized spacial score (nSPS) is 20.6. The van der Waals surface area contributed by atoms with E-state index in [1.165, 1.54) is 0 Å². The number of H-pyrrole nitrogens is 1. The molecule has 1 atom stereocenters. The monoisotopic (exact) mass is 226 g/mol. The van der Waals surface area contributed by atoms with Gasteiger partial charge in [0.1, 0.15) is 0 Å². The predicted octanol–water partition coefficient (Wildman–Crippen LogP) is -1.81. The molecule has 0 aliphatic carbocycles. The van der Waals surface area contributed by atoms with Crippen LogP contribution in [0.1, 0.15) is 12.2 Å². The number of nitrogens with one attached hydrogen (secondary N) is 3. The van der Waals surface area contributed by atoms with Gasteiger partial charge in [0.25, 0.3) is 0 Å². The molecule has 0 saturated carbocycles. The number of tetrazole rings is 1. The Morgan fingerprint density at radius 1 is 1.62 bits per heavy atom. The van der Waals surface area contributed by atoms with Crippen LogP contribution in [0.3, 0.4) is 0 Å². The second kappa shape index (κ2) is 5.52. The minimum atomic E-state index is -0.0483. The van der Waals surface area contributed by atoms with E-state index in [1.54, 1.807) is 0 Å². The van der Waals surface area contributed by atoms with Gasteiger partial charge in [0.2, 0.25) is 5.91 Å². The summed E-state index contributed by atoms with van der Waals surface area (Å²) in [5, 5.41) is 19.1. The smallest absolute Gasteiger partial charge is 0.222 e. The molecule has 0 aromatic carbocycles. The molecule has 2 heterocycles. The van der Waals surface area contributed by atoms with Crippen molar-refractivity contribution >= 4 is 5.91 Å². The molecule has 8 heteroatoms. The van der Waals surface area contributed by atoms with Gasteiger partial charge in [-0.25, -0.2) is 0 Å². The van der Waals surface area contributed by atoms with Gasteiger partial charge in [0.15, 0.2) is 5.82 Å². The second-order valence-electron chi connectivity index (χ2n) is 3.53. The van der Waals surface area contributed by atoms with E-state index in [0.29, 0.717) is 32.0 Å². The molecule has 1 fully saturated rings. The van der Waals surface area contributed by atoms with E-state index < -0.39 is 0 Å². The van der Waals surface area contributed by atoms with Gasteiger partial charge in [-0.05, 0) is 0 Å². The first-order valence-corrected chi connectivity index (χ1v) is 5.15. The molecule has 1 aliphatic rings. The molecular weight excluding hydrogens is 212 g/mol. The van der Waals surface area contributed by atoms with Crippen molar-refractivity contribution in [2.75, 3.05) is 19.8 Å². The number of hydrogen-bond donors (Lipinski definition) is 3. The molecule has 0 spiro atoms. The van der Waals surface area contributed by atoms with Crippen LogP contribution < -0.4 is 10.6 Å². The molecule has 1 aromatic heterocycles. The predicted molar refractivity (Wildman–Crippen MR) is 53.3 cm³/mol. The highest BCUT2D eigenvalue weighted by atomic mass is 16.5. The molecule has 1 amide bonds. The van der Waals surface area contributed by atoms with Crippen LogP contribution in [-0.4, -0.2) is 52.3 Å². The minimum absolute atomic E-state index is 0.0483. The lowest BCUT2D eigenvalue weighted by atomic mass is 10.2. The zero-order valence-electron chi connectivity index (χ0n) is 8.77. The van der Waals surface area contributed by atoms with E-state index in [9.17, 15) is 4.79 Å². The summed E-state index contributed by atoms with van der Waals surface area (Å²) in [6.45, 7) is 2.38. The standard InChI is InChI=1S/C8H14N6O2/c15-8(3-6-5-16-2-1-9-6)10-4-7-11-13-14-12-7/h6,9H,1-5H2,(H,10,15)(H,11,12,13,14). The Kier molecular flexibility index (Phi) is 3.78. The lowest BCUT2D eigenvalue weighted by Crippen LogP contribution is -2.44. The third-order valence-electron chi connectivity index (χ3n) is 2.26. The Bertz CT molecular complexity index is 321. The van der Waals surface area contributed by atoms with Crippen LogP contribution in [-0.2, 0) is 16.1 Å². The maximum Gasteiger partial charge on any atom is 0.222 e. The van der Waals surface area contributed by atoms with Crippen LogP contribution in [0.4, 0.5) is 0 Å². The summed E-state index contributed by atoms with van der Waals surface area (Å²) in [5.74, 6) is 0.425. The largest absolute Gasteiger partial charge is 0.378 e. The summed E-state index contributed by atoms with van der Waals surface area (Å²) in [6.07, 6.45) is 0.401. The van der Waals surface area contributed by atoms with Gasteiger partial charge < -0.3 is 15.4 Å². The minimum Gasteiger partial charge on any atom is -0.378 e. The van der Waals surface area contributed by atoms with Gasteiger partial charge in [-0.2, -0.15) is 5.21 Å². The van der Waals surface area contributed by atoms with Crippen molar-refractivity contribution in [2.45, 2.75) is 19.0 Å². The van der Waals surface area contributed by atoms with E-state index >= 15 is 0 Å². The van der Waals surface area contributed by atoms with Crippen molar-refractivity contribution in [2.24, 2.45) is 0 Å². The highest BCUT2D eigenvalue weighted by Gasteiger charge is 2.16. The Labute approximate surface area is 92.1 Å². The summed E-state index contributed by atoms with van der Waals surface area (Å²) in [4.78, 5) is 11.5. The number of aromatic nitrogens is 4. The molecule has 2 rings (SSSR count). The van der Waals surface area contributed by atoms with Crippen molar-refractivity contribution < 1.29 is 9.53 Å². The van der Waals surface area contributed by atoms with Crippen LogP contribution in [0.15, 0.2) is 0 Å². The first-order chi connectivity index (χ1) is 7.84. The quantitative estimate of drug-likeness (QED) is 0.559. The third-order valence-corrected chi connectivity index (χ3v) is 2.26. The molecule has 1 aromatic rings. The molecule has 3 N–H and O–H groups in total. The zero-order valence-corrected chi connectivity index (χ0v) is 8.77. The maximum atomic E-state index is 11.5. The summed E-state index contributed by atoms with van der Waals surface area (Å²) in [6, 6.07) is 0.0963. The molecule has 16 heavy (non-hydrogen) atoms. The van der Waals surface area contributed by atoms with E-state index in [-0.39, 0.29) is 11.9 Å². The SMILES string of the molecule is O=C(CC1COCCN1)NCc1nn[nH]n1. The number of carbonyl (C=O) groups is 1. The number of amides is 1. The number of morpholine rings is 1. The van der Waals surface area contributed by atoms with Crippen molar-refractivity contribution in [3.05, 3.63) is 5.82 Å². The number of nitrogens with zero attached hydrogens (tertiary/aromatic N) is 3. The number of ether oxygens (including phenoxy) is 1. The Morgan fingerprint density at radius 2 is 2.56 bits per heavy atom. The average molecular weight is 226 g/mol. The summed E-state index contributed by atoms with van der Waals surface area (Å²) >= 11 is 0. The summed E-state index contributed by atoms with van der Waals surface area (Å²) in [5.41, 5.74) is 0. The molecule has 0 radical (unpaired) electrons. The fraction of sp³-hybridized carbons (Fsp3) is 0.750. The maximum absolute atomic E-state index is 11.5. The fourth-order valence-electron chi connectivity index (χ4n) is 1.48. The summed E-state index contributed by atoms with van der Waals surface area (Å²) < 4.78 is 5.25. The van der Waals surface area contributed by atoms with Crippen LogP contribution >= 0.6 is 0 Å². The van der Waals surface area contributed by atoms with Crippen LogP contribution in [0, 0.1) is 0 Å². The number of aromatic amines is 1. The second-order valence-corrected chi connectivity index (χ2v) is 3.53. The van der Waals surface area contributed by atoms with E-state index in [1.807, 2.05) is 0 Å². The number of hydrogen-bond acceptors (Lipinski definition) is 6. The molecule has 8 nitrogen and oxygen atoms in total. The molecule has 88 valence electrons. The Morgan fingerprint density at radius 3 is 3.25 bits per heavy atom. The average Bonchev–Trinajstić information content (AvgIpc) is 2.81. The molecule has 1 unspecified atom stereocenters. The zero-order chi connectivity index (χ0) is 11.2.